The molecule has 0 fully saturated rings. The van der Waals surface area contributed by atoms with E-state index < -0.39 is 6.10 Å². The number of unbranched alkanes of at least 4 members (excludes halogenated alkanes) is 32. The van der Waals surface area contributed by atoms with Gasteiger partial charge in [-0.3, -0.25) is 14.4 Å². The molecule has 0 saturated carbocycles. The second-order valence-corrected chi connectivity index (χ2v) is 21.6. The highest BCUT2D eigenvalue weighted by Gasteiger charge is 2.19. The van der Waals surface area contributed by atoms with Crippen LogP contribution in [0.4, 0.5) is 0 Å². The molecule has 0 amide bonds. The molecule has 1 atom stereocenters. The third-order valence-electron chi connectivity index (χ3n) is 14.0. The van der Waals surface area contributed by atoms with Gasteiger partial charge in [-0.2, -0.15) is 0 Å². The van der Waals surface area contributed by atoms with Gasteiger partial charge in [0, 0.05) is 19.3 Å². The van der Waals surface area contributed by atoms with Gasteiger partial charge in [-0.1, -0.05) is 272 Å². The molecule has 0 aromatic carbocycles. The summed E-state index contributed by atoms with van der Waals surface area (Å²) in [7, 11) is 0. The molecule has 0 aromatic rings. The van der Waals surface area contributed by atoms with Crippen molar-refractivity contribution < 1.29 is 28.6 Å². The number of hydrogen-bond acceptors (Lipinski definition) is 6. The summed E-state index contributed by atoms with van der Waals surface area (Å²) in [6, 6.07) is 0. The first-order valence-electron chi connectivity index (χ1n) is 32.7. The second kappa shape index (κ2) is 64.9. The number of hydrogen-bond donors (Lipinski definition) is 0. The lowest BCUT2D eigenvalue weighted by Gasteiger charge is -2.18. The van der Waals surface area contributed by atoms with E-state index in [2.05, 4.69) is 118 Å². The quantitative estimate of drug-likeness (QED) is 0.0261. The summed E-state index contributed by atoms with van der Waals surface area (Å²) < 4.78 is 16.9. The molecule has 442 valence electrons. The molecule has 6 nitrogen and oxygen atoms in total. The first kappa shape index (κ1) is 73.3. The Bertz CT molecular complexity index is 1510. The lowest BCUT2D eigenvalue weighted by Crippen LogP contribution is -2.30. The maximum atomic E-state index is 12.9. The summed E-state index contributed by atoms with van der Waals surface area (Å²) in [4.78, 5) is 38.4. The average Bonchev–Trinajstić information content (AvgIpc) is 3.43. The van der Waals surface area contributed by atoms with Crippen LogP contribution in [0.1, 0.15) is 316 Å². The molecule has 0 bridgehead atoms. The van der Waals surface area contributed by atoms with E-state index in [1.54, 1.807) is 0 Å². The van der Waals surface area contributed by atoms with Gasteiger partial charge in [0.05, 0.1) is 0 Å². The lowest BCUT2D eigenvalue weighted by molar-refractivity contribution is -0.167. The van der Waals surface area contributed by atoms with Crippen LogP contribution < -0.4 is 0 Å². The van der Waals surface area contributed by atoms with E-state index in [-0.39, 0.29) is 31.1 Å². The van der Waals surface area contributed by atoms with E-state index in [0.717, 1.165) is 109 Å². The van der Waals surface area contributed by atoms with Gasteiger partial charge < -0.3 is 14.2 Å². The molecule has 0 rings (SSSR count). The van der Waals surface area contributed by atoms with Crippen LogP contribution in [0.2, 0.25) is 0 Å². The molecule has 0 radical (unpaired) electrons. The monoisotopic (exact) mass is 1070 g/mol. The zero-order valence-electron chi connectivity index (χ0n) is 50.7. The Hall–Kier alpha value is -3.67. The standard InChI is InChI=1S/C71H122O6/c1-4-7-10-13-16-19-22-25-28-31-33-34-35-36-38-40-43-46-49-52-55-58-61-64-70(73)76-67-68(66-75-69(72)63-60-57-54-51-48-45-42-39-30-27-24-21-18-15-12-9-6-3)77-71(74)65-62-59-56-53-50-47-44-41-37-32-29-26-23-20-17-14-11-8-5-2/h7,10,16,19,25-30,33-34,36,38,43,46,68H,4-6,8-9,11-15,17-18,20-24,31-32,35,37,39-42,44-45,47-67H2,1-3H3/b10-7-,19-16-,28-25-,29-26-,30-27-,34-33-,38-36-,46-43-. The van der Waals surface area contributed by atoms with Crippen LogP contribution in [0.15, 0.2) is 97.2 Å². The van der Waals surface area contributed by atoms with Crippen molar-refractivity contribution in [2.24, 2.45) is 0 Å². The van der Waals surface area contributed by atoms with E-state index in [1.807, 2.05) is 0 Å². The first-order chi connectivity index (χ1) is 38.0. The summed E-state index contributed by atoms with van der Waals surface area (Å²) >= 11 is 0. The number of carbonyl (C=O) groups is 3. The van der Waals surface area contributed by atoms with Gasteiger partial charge in [0.15, 0.2) is 6.10 Å². The van der Waals surface area contributed by atoms with E-state index in [1.165, 1.54) is 167 Å². The van der Waals surface area contributed by atoms with Crippen molar-refractivity contribution in [3.8, 4) is 0 Å². The van der Waals surface area contributed by atoms with E-state index >= 15 is 0 Å². The maximum Gasteiger partial charge on any atom is 0.306 e. The van der Waals surface area contributed by atoms with Crippen LogP contribution in [0.5, 0.6) is 0 Å². The lowest BCUT2D eigenvalue weighted by atomic mass is 10.1. The molecule has 6 heteroatoms. The van der Waals surface area contributed by atoms with Crippen LogP contribution in [0.25, 0.3) is 0 Å². The molecule has 0 saturated heterocycles. The Kier molecular flexibility index (Phi) is 61.8. The zero-order chi connectivity index (χ0) is 55.7. The van der Waals surface area contributed by atoms with Gasteiger partial charge >= 0.3 is 17.9 Å². The van der Waals surface area contributed by atoms with Gasteiger partial charge in [-0.25, -0.2) is 0 Å². The fourth-order valence-corrected chi connectivity index (χ4v) is 9.14. The van der Waals surface area contributed by atoms with E-state index in [4.69, 9.17) is 14.2 Å². The Morgan fingerprint density at radius 1 is 0.273 bits per heavy atom. The molecule has 1 unspecified atom stereocenters. The number of allylic oxidation sites excluding steroid dienone is 16. The molecule has 0 aliphatic carbocycles. The number of ether oxygens (including phenoxy) is 3. The summed E-state index contributed by atoms with van der Waals surface area (Å²) in [6.07, 6.45) is 86.9. The fraction of sp³-hybridized carbons (Fsp3) is 0.732. The zero-order valence-corrected chi connectivity index (χ0v) is 50.7. The van der Waals surface area contributed by atoms with Crippen molar-refractivity contribution in [2.45, 2.75) is 322 Å². The summed E-state index contributed by atoms with van der Waals surface area (Å²) in [6.45, 7) is 6.52. The highest BCUT2D eigenvalue weighted by atomic mass is 16.6. The molecule has 0 N–H and O–H groups in total. The van der Waals surface area contributed by atoms with E-state index in [0.29, 0.717) is 19.3 Å². The highest BCUT2D eigenvalue weighted by molar-refractivity contribution is 5.71. The van der Waals surface area contributed by atoms with Gasteiger partial charge in [-0.05, 0) is 122 Å². The predicted molar refractivity (Wildman–Crippen MR) is 334 cm³/mol. The minimum atomic E-state index is -0.794. The molecular weight excluding hydrogens is 949 g/mol. The van der Waals surface area contributed by atoms with Crippen molar-refractivity contribution in [1.29, 1.82) is 0 Å². The molecule has 0 heterocycles. The van der Waals surface area contributed by atoms with Crippen molar-refractivity contribution in [3.63, 3.8) is 0 Å². The third-order valence-corrected chi connectivity index (χ3v) is 14.0. The van der Waals surface area contributed by atoms with Gasteiger partial charge in [-0.15, -0.1) is 0 Å². The number of carbonyl (C=O) groups excluding carboxylic acids is 3. The minimum absolute atomic E-state index is 0.0880. The van der Waals surface area contributed by atoms with Crippen LogP contribution in [0.3, 0.4) is 0 Å². The van der Waals surface area contributed by atoms with Crippen molar-refractivity contribution in [2.75, 3.05) is 13.2 Å². The van der Waals surface area contributed by atoms with Gasteiger partial charge in [0.1, 0.15) is 13.2 Å². The first-order valence-corrected chi connectivity index (χ1v) is 32.7. The molecule has 0 aromatic heterocycles. The van der Waals surface area contributed by atoms with E-state index in [9.17, 15) is 14.4 Å². The van der Waals surface area contributed by atoms with Crippen LogP contribution in [-0.4, -0.2) is 37.2 Å². The Morgan fingerprint density at radius 3 is 0.805 bits per heavy atom. The number of esters is 3. The fourth-order valence-electron chi connectivity index (χ4n) is 9.14. The molecule has 0 aliphatic heterocycles. The molecule has 0 spiro atoms. The second-order valence-electron chi connectivity index (χ2n) is 21.6. The highest BCUT2D eigenvalue weighted by Crippen LogP contribution is 2.16. The van der Waals surface area contributed by atoms with Gasteiger partial charge in [0.2, 0.25) is 0 Å². The SMILES string of the molecule is CC/C=C\C/C=C\C/C=C\C/C=C\C/C=C\C/C=C\CCCCCCC(=O)OCC(COC(=O)CCCCCCCCC/C=C\CCCCCCCC)OC(=O)CCCCCCCCCCC/C=C\CCCCCCCC. The number of rotatable bonds is 59. The Morgan fingerprint density at radius 2 is 0.506 bits per heavy atom. The average molecular weight is 1070 g/mol. The smallest absolute Gasteiger partial charge is 0.306 e. The molecular formula is C71H122O6. The molecule has 77 heavy (non-hydrogen) atoms. The summed E-state index contributed by atoms with van der Waals surface area (Å²) in [5, 5.41) is 0. The summed E-state index contributed by atoms with van der Waals surface area (Å²) in [5.74, 6) is -0.908. The third kappa shape index (κ3) is 63.0. The van der Waals surface area contributed by atoms with Crippen LogP contribution >= 0.6 is 0 Å². The van der Waals surface area contributed by atoms with Crippen molar-refractivity contribution in [3.05, 3.63) is 97.2 Å². The topological polar surface area (TPSA) is 78.9 Å². The van der Waals surface area contributed by atoms with Crippen molar-refractivity contribution >= 4 is 17.9 Å². The van der Waals surface area contributed by atoms with Crippen LogP contribution in [0, 0.1) is 0 Å². The maximum absolute atomic E-state index is 12.9. The normalized spacial score (nSPS) is 12.7. The Labute approximate surface area is 477 Å². The molecule has 0 aliphatic rings. The van der Waals surface area contributed by atoms with Crippen molar-refractivity contribution in [1.82, 2.24) is 0 Å². The minimum Gasteiger partial charge on any atom is -0.462 e. The Balaban J connectivity index is 4.44. The van der Waals surface area contributed by atoms with Crippen LogP contribution in [-0.2, 0) is 28.6 Å². The largest absolute Gasteiger partial charge is 0.462 e. The van der Waals surface area contributed by atoms with Gasteiger partial charge in [0.25, 0.3) is 0 Å². The predicted octanol–water partition coefficient (Wildman–Crippen LogP) is 22.4. The summed E-state index contributed by atoms with van der Waals surface area (Å²) in [5.41, 5.74) is 0.